The highest BCUT2D eigenvalue weighted by molar-refractivity contribution is 7.09. The van der Waals surface area contributed by atoms with Gasteiger partial charge in [0.25, 0.3) is 11.8 Å². The van der Waals surface area contributed by atoms with Crippen LogP contribution in [-0.4, -0.2) is 41.7 Å². The fourth-order valence-corrected chi connectivity index (χ4v) is 4.32. The number of hydrogen-bond donors (Lipinski definition) is 3. The van der Waals surface area contributed by atoms with Crippen molar-refractivity contribution in [3.8, 4) is 0 Å². The van der Waals surface area contributed by atoms with E-state index in [-0.39, 0.29) is 22.2 Å². The third-order valence-corrected chi connectivity index (χ3v) is 6.84. The van der Waals surface area contributed by atoms with E-state index in [4.69, 9.17) is 11.5 Å². The fourth-order valence-electron chi connectivity index (χ4n) is 3.57. The third kappa shape index (κ3) is 5.65. The SMILES string of the molecule is CCC(C)(C)NC(=O)[C@@H](c1ccc(N(C)C)cc1)N(C(=O)c1snc(C(N)=O)c1N)c1ccccc1. The molecule has 1 heterocycles. The van der Waals surface area contributed by atoms with Gasteiger partial charge in [0.2, 0.25) is 5.91 Å². The van der Waals surface area contributed by atoms with Gasteiger partial charge in [-0.15, -0.1) is 0 Å². The maximum atomic E-state index is 14.0. The zero-order valence-electron chi connectivity index (χ0n) is 21.1. The number of primary amides is 1. The molecule has 0 aliphatic carbocycles. The second-order valence-corrected chi connectivity index (χ2v) is 10.0. The highest BCUT2D eigenvalue weighted by atomic mass is 32.1. The minimum absolute atomic E-state index is 0.0325. The van der Waals surface area contributed by atoms with Crippen LogP contribution in [0.4, 0.5) is 17.1 Å². The second-order valence-electron chi connectivity index (χ2n) is 9.26. The van der Waals surface area contributed by atoms with E-state index >= 15 is 0 Å². The summed E-state index contributed by atoms with van der Waals surface area (Å²) in [5, 5.41) is 3.08. The van der Waals surface area contributed by atoms with Crippen LogP contribution in [0.2, 0.25) is 0 Å². The molecule has 0 radical (unpaired) electrons. The molecule has 36 heavy (non-hydrogen) atoms. The summed E-state index contributed by atoms with van der Waals surface area (Å²) in [7, 11) is 3.84. The Morgan fingerprint density at radius 2 is 1.64 bits per heavy atom. The third-order valence-electron chi connectivity index (χ3n) is 5.99. The molecular weight excluding hydrogens is 476 g/mol. The van der Waals surface area contributed by atoms with Crippen molar-refractivity contribution in [2.24, 2.45) is 5.73 Å². The first-order chi connectivity index (χ1) is 17.0. The van der Waals surface area contributed by atoms with Crippen molar-refractivity contribution >= 4 is 46.3 Å². The van der Waals surface area contributed by atoms with E-state index in [1.54, 1.807) is 24.3 Å². The summed E-state index contributed by atoms with van der Waals surface area (Å²) >= 11 is 0.779. The summed E-state index contributed by atoms with van der Waals surface area (Å²) in [6, 6.07) is 15.3. The predicted molar refractivity (Wildman–Crippen MR) is 144 cm³/mol. The van der Waals surface area contributed by atoms with Gasteiger partial charge in [-0.05, 0) is 61.6 Å². The Hall–Kier alpha value is -3.92. The van der Waals surface area contributed by atoms with E-state index in [0.717, 1.165) is 17.2 Å². The molecule has 10 heteroatoms. The van der Waals surface area contributed by atoms with Gasteiger partial charge in [0.15, 0.2) is 5.69 Å². The molecule has 1 atom stereocenters. The molecule has 0 unspecified atom stereocenters. The van der Waals surface area contributed by atoms with Crippen LogP contribution in [0.5, 0.6) is 0 Å². The Morgan fingerprint density at radius 1 is 1.03 bits per heavy atom. The van der Waals surface area contributed by atoms with Gasteiger partial charge in [-0.25, -0.2) is 0 Å². The van der Waals surface area contributed by atoms with Crippen LogP contribution in [0.15, 0.2) is 54.6 Å². The van der Waals surface area contributed by atoms with E-state index in [1.165, 1.54) is 4.90 Å². The molecule has 0 saturated carbocycles. The summed E-state index contributed by atoms with van der Waals surface area (Å²) < 4.78 is 3.98. The number of benzene rings is 2. The number of nitrogens with one attached hydrogen (secondary N) is 1. The number of nitrogens with two attached hydrogens (primary N) is 2. The van der Waals surface area contributed by atoms with Gasteiger partial charge in [0.05, 0.1) is 5.69 Å². The zero-order chi connectivity index (χ0) is 26.6. The highest BCUT2D eigenvalue weighted by Gasteiger charge is 2.37. The Morgan fingerprint density at radius 3 is 2.14 bits per heavy atom. The van der Waals surface area contributed by atoms with Crippen LogP contribution in [0.1, 0.15) is 59.0 Å². The molecule has 0 saturated heterocycles. The number of nitrogens with zero attached hydrogens (tertiary/aromatic N) is 3. The molecule has 0 bridgehead atoms. The molecule has 0 fully saturated rings. The van der Waals surface area contributed by atoms with Crippen molar-refractivity contribution in [2.75, 3.05) is 29.6 Å². The molecule has 2 aromatic carbocycles. The first kappa shape index (κ1) is 26.7. The number of hydrogen-bond acceptors (Lipinski definition) is 7. The lowest BCUT2D eigenvalue weighted by Gasteiger charge is -2.34. The smallest absolute Gasteiger partial charge is 0.273 e. The number of carbonyl (C=O) groups excluding carboxylic acids is 3. The number of amides is 3. The maximum Gasteiger partial charge on any atom is 0.273 e. The first-order valence-corrected chi connectivity index (χ1v) is 12.3. The normalized spacial score (nSPS) is 12.0. The number of aromatic nitrogens is 1. The lowest BCUT2D eigenvalue weighted by molar-refractivity contribution is -0.124. The standard InChI is InChI=1S/C26H32N6O3S/c1-6-26(2,3)29-24(34)21(16-12-14-17(15-13-16)31(4)5)32(18-10-8-7-9-11-18)25(35)22-19(27)20(23(28)33)30-36-22/h7-15,21H,6,27H2,1-5H3,(H2,28,33)(H,29,34)/t21-/m1/s1. The summed E-state index contributed by atoms with van der Waals surface area (Å²) in [6.07, 6.45) is 0.689. The lowest BCUT2D eigenvalue weighted by Crippen LogP contribution is -2.50. The minimum Gasteiger partial charge on any atom is -0.395 e. The molecule has 3 rings (SSSR count). The van der Waals surface area contributed by atoms with Gasteiger partial charge in [0.1, 0.15) is 10.9 Å². The van der Waals surface area contributed by atoms with Crippen LogP contribution in [0, 0.1) is 0 Å². The molecule has 1 aromatic heterocycles. The van der Waals surface area contributed by atoms with Crippen LogP contribution in [0.3, 0.4) is 0 Å². The van der Waals surface area contributed by atoms with Crippen LogP contribution in [-0.2, 0) is 4.79 Å². The van der Waals surface area contributed by atoms with E-state index in [9.17, 15) is 14.4 Å². The zero-order valence-corrected chi connectivity index (χ0v) is 21.9. The van der Waals surface area contributed by atoms with Gasteiger partial charge in [0, 0.05) is 31.0 Å². The fraction of sp³-hybridized carbons (Fsp3) is 0.308. The molecule has 5 N–H and O–H groups in total. The number of rotatable bonds is 9. The molecule has 9 nitrogen and oxygen atoms in total. The second kappa shape index (κ2) is 10.8. The molecule has 0 aliphatic rings. The van der Waals surface area contributed by atoms with Crippen molar-refractivity contribution in [1.82, 2.24) is 9.69 Å². The Balaban J connectivity index is 2.21. The topological polar surface area (TPSA) is 135 Å². The Labute approximate surface area is 215 Å². The number of carbonyl (C=O) groups is 3. The molecule has 0 spiro atoms. The molecule has 3 aromatic rings. The quantitative estimate of drug-likeness (QED) is 0.404. The number of nitrogen functional groups attached to an aromatic ring is 1. The Kier molecular flexibility index (Phi) is 7.99. The van der Waals surface area contributed by atoms with Crippen molar-refractivity contribution in [1.29, 1.82) is 0 Å². The lowest BCUT2D eigenvalue weighted by atomic mass is 9.97. The number of para-hydroxylation sites is 1. The van der Waals surface area contributed by atoms with Gasteiger partial charge in [-0.3, -0.25) is 19.3 Å². The van der Waals surface area contributed by atoms with Gasteiger partial charge in [-0.2, -0.15) is 4.37 Å². The van der Waals surface area contributed by atoms with Gasteiger partial charge >= 0.3 is 0 Å². The van der Waals surface area contributed by atoms with E-state index in [0.29, 0.717) is 17.7 Å². The molecule has 0 aliphatic heterocycles. The summed E-state index contributed by atoms with van der Waals surface area (Å²) in [4.78, 5) is 43.0. The van der Waals surface area contributed by atoms with E-state index < -0.39 is 23.4 Å². The van der Waals surface area contributed by atoms with Crippen molar-refractivity contribution in [3.63, 3.8) is 0 Å². The minimum atomic E-state index is -1.03. The largest absolute Gasteiger partial charge is 0.395 e. The average Bonchev–Trinajstić information content (AvgIpc) is 3.24. The van der Waals surface area contributed by atoms with Crippen LogP contribution in [0.25, 0.3) is 0 Å². The summed E-state index contributed by atoms with van der Waals surface area (Å²) in [5.74, 6) is -1.74. The number of anilines is 3. The highest BCUT2D eigenvalue weighted by Crippen LogP contribution is 2.34. The van der Waals surface area contributed by atoms with Crippen molar-refractivity contribution in [2.45, 2.75) is 38.8 Å². The molecule has 3 amide bonds. The summed E-state index contributed by atoms with van der Waals surface area (Å²) in [5.41, 5.74) is 12.7. The van der Waals surface area contributed by atoms with Crippen molar-refractivity contribution < 1.29 is 14.4 Å². The van der Waals surface area contributed by atoms with Crippen LogP contribution < -0.4 is 26.6 Å². The van der Waals surface area contributed by atoms with E-state index in [1.807, 2.05) is 70.1 Å². The van der Waals surface area contributed by atoms with Crippen molar-refractivity contribution in [3.05, 3.63) is 70.7 Å². The van der Waals surface area contributed by atoms with E-state index in [2.05, 4.69) is 9.69 Å². The van der Waals surface area contributed by atoms with Gasteiger partial charge < -0.3 is 21.7 Å². The molecule has 190 valence electrons. The summed E-state index contributed by atoms with van der Waals surface area (Å²) in [6.45, 7) is 5.82. The predicted octanol–water partition coefficient (Wildman–Crippen LogP) is 3.58. The average molecular weight is 509 g/mol. The Bertz CT molecular complexity index is 1240. The monoisotopic (exact) mass is 508 g/mol. The molecular formula is C26H32N6O3S. The maximum absolute atomic E-state index is 14.0. The van der Waals surface area contributed by atoms with Crippen LogP contribution >= 0.6 is 11.5 Å². The van der Waals surface area contributed by atoms with Gasteiger partial charge in [-0.1, -0.05) is 37.3 Å². The first-order valence-electron chi connectivity index (χ1n) is 11.5.